The first-order valence-corrected chi connectivity index (χ1v) is 11.6. The Labute approximate surface area is 221 Å². The van der Waals surface area contributed by atoms with E-state index in [1.165, 1.54) is 39.7 Å². The van der Waals surface area contributed by atoms with Gasteiger partial charge in [0.05, 0.1) is 45.2 Å². The van der Waals surface area contributed by atoms with Gasteiger partial charge >= 0.3 is 5.97 Å². The molecule has 0 unspecified atom stereocenters. The average molecular weight is 570 g/mol. The van der Waals surface area contributed by atoms with Crippen molar-refractivity contribution in [1.29, 1.82) is 0 Å². The molecule has 0 fully saturated rings. The van der Waals surface area contributed by atoms with E-state index in [2.05, 4.69) is 31.8 Å². The standard InChI is InChI=1S/C26H24BrN3O7/c1-34-21-12-17(13-22(35-2)24(21)36-3)26(33)37-18-10-8-16(9-11-18)14-29-30-23(31)15-28-25(32)19-6-4-5-7-20(19)27/h4-14H,15H2,1-3H3,(H,28,32)(H,30,31)/b29-14+. The second-order valence-electron chi connectivity index (χ2n) is 7.33. The van der Waals surface area contributed by atoms with Crippen molar-refractivity contribution in [2.45, 2.75) is 0 Å². The first-order chi connectivity index (χ1) is 17.9. The van der Waals surface area contributed by atoms with Gasteiger partial charge in [-0.1, -0.05) is 12.1 Å². The summed E-state index contributed by atoms with van der Waals surface area (Å²) >= 11 is 3.29. The molecule has 0 aromatic heterocycles. The number of esters is 1. The zero-order chi connectivity index (χ0) is 26.8. The minimum Gasteiger partial charge on any atom is -0.493 e. The van der Waals surface area contributed by atoms with Crippen LogP contribution in [-0.4, -0.2) is 51.9 Å². The van der Waals surface area contributed by atoms with Crippen LogP contribution in [0.3, 0.4) is 0 Å². The van der Waals surface area contributed by atoms with Crippen molar-refractivity contribution in [3.8, 4) is 23.0 Å². The molecule has 0 saturated heterocycles. The van der Waals surface area contributed by atoms with Gasteiger partial charge in [-0.15, -0.1) is 0 Å². The summed E-state index contributed by atoms with van der Waals surface area (Å²) in [4.78, 5) is 36.7. The Bertz CT molecular complexity index is 1280. The topological polar surface area (TPSA) is 125 Å². The SMILES string of the molecule is COc1cc(C(=O)Oc2ccc(/C=N/NC(=O)CNC(=O)c3ccccc3Br)cc2)cc(OC)c1OC. The van der Waals surface area contributed by atoms with Crippen LogP contribution in [-0.2, 0) is 4.79 Å². The number of nitrogens with one attached hydrogen (secondary N) is 2. The van der Waals surface area contributed by atoms with Crippen LogP contribution in [0.15, 0.2) is 70.2 Å². The van der Waals surface area contributed by atoms with E-state index in [4.69, 9.17) is 18.9 Å². The third kappa shape index (κ3) is 7.31. The molecule has 0 atom stereocenters. The summed E-state index contributed by atoms with van der Waals surface area (Å²) in [5.74, 6) is -0.170. The van der Waals surface area contributed by atoms with Gasteiger partial charge < -0.3 is 24.3 Å². The van der Waals surface area contributed by atoms with Crippen LogP contribution < -0.4 is 29.7 Å². The van der Waals surface area contributed by atoms with Gasteiger partial charge in [0.1, 0.15) is 5.75 Å². The molecule has 3 aromatic carbocycles. The maximum atomic E-state index is 12.6. The minimum absolute atomic E-state index is 0.217. The van der Waals surface area contributed by atoms with Gasteiger partial charge in [0.25, 0.3) is 11.8 Å². The lowest BCUT2D eigenvalue weighted by Gasteiger charge is -2.13. The number of carbonyl (C=O) groups excluding carboxylic acids is 3. The first kappa shape index (κ1) is 27.2. The van der Waals surface area contributed by atoms with Crippen molar-refractivity contribution in [2.24, 2.45) is 5.10 Å². The van der Waals surface area contributed by atoms with Crippen molar-refractivity contribution in [1.82, 2.24) is 10.7 Å². The predicted octanol–water partition coefficient (Wildman–Crippen LogP) is 3.57. The Morgan fingerprint density at radius 2 is 1.57 bits per heavy atom. The normalized spacial score (nSPS) is 10.5. The smallest absolute Gasteiger partial charge is 0.343 e. The van der Waals surface area contributed by atoms with E-state index < -0.39 is 11.9 Å². The lowest BCUT2D eigenvalue weighted by molar-refractivity contribution is -0.120. The van der Waals surface area contributed by atoms with E-state index in [-0.39, 0.29) is 18.0 Å². The van der Waals surface area contributed by atoms with Crippen molar-refractivity contribution in [2.75, 3.05) is 27.9 Å². The summed E-state index contributed by atoms with van der Waals surface area (Å²) in [7, 11) is 4.38. The Morgan fingerprint density at radius 3 is 2.16 bits per heavy atom. The van der Waals surface area contributed by atoms with Gasteiger partial charge in [-0.2, -0.15) is 5.10 Å². The van der Waals surface area contributed by atoms with E-state index in [1.807, 2.05) is 0 Å². The highest BCUT2D eigenvalue weighted by molar-refractivity contribution is 9.10. The van der Waals surface area contributed by atoms with Gasteiger partial charge in [-0.25, -0.2) is 10.2 Å². The van der Waals surface area contributed by atoms with E-state index in [1.54, 1.807) is 48.5 Å². The van der Waals surface area contributed by atoms with Gasteiger partial charge in [0.2, 0.25) is 5.75 Å². The number of rotatable bonds is 10. The summed E-state index contributed by atoms with van der Waals surface area (Å²) in [5, 5.41) is 6.39. The number of methoxy groups -OCH3 is 3. The molecular weight excluding hydrogens is 546 g/mol. The molecule has 2 N–H and O–H groups in total. The maximum Gasteiger partial charge on any atom is 0.343 e. The van der Waals surface area contributed by atoms with Crippen LogP contribution in [0.5, 0.6) is 23.0 Å². The van der Waals surface area contributed by atoms with Crippen molar-refractivity contribution in [3.63, 3.8) is 0 Å². The first-order valence-electron chi connectivity index (χ1n) is 10.8. The third-order valence-electron chi connectivity index (χ3n) is 4.92. The molecule has 0 radical (unpaired) electrons. The molecule has 2 amide bonds. The molecule has 192 valence electrons. The van der Waals surface area contributed by atoms with Gasteiger partial charge in [0, 0.05) is 4.47 Å². The maximum absolute atomic E-state index is 12.6. The molecular formula is C26H24BrN3O7. The summed E-state index contributed by atoms with van der Waals surface area (Å²) in [6.07, 6.45) is 1.41. The van der Waals surface area contributed by atoms with E-state index in [9.17, 15) is 14.4 Å². The number of ether oxygens (including phenoxy) is 4. The fraction of sp³-hybridized carbons (Fsp3) is 0.154. The van der Waals surface area contributed by atoms with Gasteiger partial charge in [-0.05, 0) is 70.0 Å². The molecule has 0 aliphatic rings. The zero-order valence-electron chi connectivity index (χ0n) is 20.2. The molecule has 0 bridgehead atoms. The van der Waals surface area contributed by atoms with E-state index >= 15 is 0 Å². The molecule has 37 heavy (non-hydrogen) atoms. The largest absolute Gasteiger partial charge is 0.493 e. The number of hydrazone groups is 1. The zero-order valence-corrected chi connectivity index (χ0v) is 21.8. The Hall–Kier alpha value is -4.38. The van der Waals surface area contributed by atoms with E-state index in [0.717, 1.165) is 0 Å². The molecule has 0 saturated carbocycles. The Morgan fingerprint density at radius 1 is 0.919 bits per heavy atom. The number of benzene rings is 3. The highest BCUT2D eigenvalue weighted by Crippen LogP contribution is 2.38. The summed E-state index contributed by atoms with van der Waals surface area (Å²) in [5.41, 5.74) is 3.62. The van der Waals surface area contributed by atoms with E-state index in [0.29, 0.717) is 38.6 Å². The predicted molar refractivity (Wildman–Crippen MR) is 140 cm³/mol. The van der Waals surface area contributed by atoms with Crippen molar-refractivity contribution in [3.05, 3.63) is 81.8 Å². The summed E-state index contributed by atoms with van der Waals surface area (Å²) in [6.45, 7) is -0.243. The van der Waals surface area contributed by atoms with Crippen LogP contribution in [0.1, 0.15) is 26.3 Å². The van der Waals surface area contributed by atoms with Gasteiger partial charge in [0.15, 0.2) is 11.5 Å². The highest BCUT2D eigenvalue weighted by atomic mass is 79.9. The molecule has 3 aromatic rings. The van der Waals surface area contributed by atoms with Crippen molar-refractivity contribution >= 4 is 39.9 Å². The average Bonchev–Trinajstić information content (AvgIpc) is 2.91. The Balaban J connectivity index is 1.53. The summed E-state index contributed by atoms with van der Waals surface area (Å²) in [6, 6.07) is 16.3. The third-order valence-corrected chi connectivity index (χ3v) is 5.61. The Kier molecular flexibility index (Phi) is 9.61. The molecule has 0 aliphatic carbocycles. The number of amides is 2. The lowest BCUT2D eigenvalue weighted by Crippen LogP contribution is -2.35. The molecule has 3 rings (SSSR count). The molecule has 11 heteroatoms. The molecule has 0 aliphatic heterocycles. The second kappa shape index (κ2) is 13.1. The number of hydrogen-bond donors (Lipinski definition) is 2. The number of hydrogen-bond acceptors (Lipinski definition) is 8. The lowest BCUT2D eigenvalue weighted by atomic mass is 10.2. The second-order valence-corrected chi connectivity index (χ2v) is 8.18. The van der Waals surface area contributed by atoms with Crippen LogP contribution in [0.25, 0.3) is 0 Å². The number of nitrogens with zero attached hydrogens (tertiary/aromatic N) is 1. The molecule has 10 nitrogen and oxygen atoms in total. The van der Waals surface area contributed by atoms with Crippen LogP contribution in [0.4, 0.5) is 0 Å². The molecule has 0 heterocycles. The fourth-order valence-corrected chi connectivity index (χ4v) is 3.57. The quantitative estimate of drug-likeness (QED) is 0.165. The monoisotopic (exact) mass is 569 g/mol. The van der Waals surface area contributed by atoms with Gasteiger partial charge in [-0.3, -0.25) is 9.59 Å². The van der Waals surface area contributed by atoms with Crippen LogP contribution >= 0.6 is 15.9 Å². The number of carbonyl (C=O) groups is 3. The van der Waals surface area contributed by atoms with Crippen LogP contribution in [0, 0.1) is 0 Å². The summed E-state index contributed by atoms with van der Waals surface area (Å²) < 4.78 is 21.8. The molecule has 0 spiro atoms. The number of halogens is 1. The fourth-order valence-electron chi connectivity index (χ4n) is 3.11. The minimum atomic E-state index is -0.613. The van der Waals surface area contributed by atoms with Crippen molar-refractivity contribution < 1.29 is 33.3 Å². The van der Waals surface area contributed by atoms with Crippen LogP contribution in [0.2, 0.25) is 0 Å². The highest BCUT2D eigenvalue weighted by Gasteiger charge is 2.18.